The maximum atomic E-state index is 12.8. The molecule has 0 spiro atoms. The molecule has 1 aliphatic rings. The first kappa shape index (κ1) is 24.3. The first-order valence-electron chi connectivity index (χ1n) is 11.0. The molecule has 1 atom stereocenters. The van der Waals surface area contributed by atoms with Crippen LogP contribution < -0.4 is 5.32 Å². The SMILES string of the molecule is COC(CNC(=O)OCC1c2ccccc2-c2ccccc21)C(=O)N(CCC(=O)O)C(C)C. The number of nitrogens with zero attached hydrogens (tertiary/aromatic N) is 1. The lowest BCUT2D eigenvalue weighted by molar-refractivity contribution is -0.145. The van der Waals surface area contributed by atoms with Gasteiger partial charge in [0.05, 0.1) is 13.0 Å². The Morgan fingerprint density at radius 1 is 1.03 bits per heavy atom. The van der Waals surface area contributed by atoms with Crippen LogP contribution in [0.4, 0.5) is 4.79 Å². The van der Waals surface area contributed by atoms with Crippen molar-refractivity contribution in [1.82, 2.24) is 10.2 Å². The van der Waals surface area contributed by atoms with E-state index >= 15 is 0 Å². The Labute approximate surface area is 193 Å². The van der Waals surface area contributed by atoms with Crippen molar-refractivity contribution in [3.8, 4) is 11.1 Å². The number of fused-ring (bicyclic) bond motifs is 3. The number of rotatable bonds is 10. The number of amides is 2. The van der Waals surface area contributed by atoms with Crippen LogP contribution >= 0.6 is 0 Å². The molecule has 0 aromatic heterocycles. The number of carboxylic acid groups (broad SMARTS) is 1. The molecule has 1 aliphatic carbocycles. The summed E-state index contributed by atoms with van der Waals surface area (Å²) in [6.07, 6.45) is -1.75. The highest BCUT2D eigenvalue weighted by Gasteiger charge is 2.30. The first-order valence-corrected chi connectivity index (χ1v) is 11.0. The van der Waals surface area contributed by atoms with Crippen molar-refractivity contribution in [2.24, 2.45) is 0 Å². The molecule has 0 aliphatic heterocycles. The lowest BCUT2D eigenvalue weighted by atomic mass is 9.98. The number of methoxy groups -OCH3 is 1. The molecule has 2 amide bonds. The second kappa shape index (κ2) is 11.0. The monoisotopic (exact) mass is 454 g/mol. The fourth-order valence-electron chi connectivity index (χ4n) is 4.12. The van der Waals surface area contributed by atoms with E-state index in [0.717, 1.165) is 22.3 Å². The molecule has 0 fully saturated rings. The number of hydrogen-bond donors (Lipinski definition) is 2. The summed E-state index contributed by atoms with van der Waals surface area (Å²) in [5, 5.41) is 11.5. The molecule has 0 saturated heterocycles. The third kappa shape index (κ3) is 5.70. The molecule has 8 nitrogen and oxygen atoms in total. The van der Waals surface area contributed by atoms with E-state index in [2.05, 4.69) is 17.4 Å². The zero-order valence-electron chi connectivity index (χ0n) is 19.1. The number of nitrogens with one attached hydrogen (secondary N) is 1. The maximum absolute atomic E-state index is 12.8. The number of benzene rings is 2. The van der Waals surface area contributed by atoms with Crippen LogP contribution in [-0.4, -0.2) is 66.9 Å². The van der Waals surface area contributed by atoms with Crippen molar-refractivity contribution in [1.29, 1.82) is 0 Å². The van der Waals surface area contributed by atoms with Crippen LogP contribution in [0.5, 0.6) is 0 Å². The minimum Gasteiger partial charge on any atom is -0.481 e. The molecule has 0 radical (unpaired) electrons. The Balaban J connectivity index is 1.57. The van der Waals surface area contributed by atoms with Gasteiger partial charge in [-0.25, -0.2) is 4.79 Å². The summed E-state index contributed by atoms with van der Waals surface area (Å²) < 4.78 is 10.8. The molecule has 33 heavy (non-hydrogen) atoms. The van der Waals surface area contributed by atoms with Gasteiger partial charge >= 0.3 is 12.1 Å². The molecule has 2 aromatic rings. The molecule has 0 bridgehead atoms. The third-order valence-corrected chi connectivity index (χ3v) is 5.81. The predicted octanol–water partition coefficient (Wildman–Crippen LogP) is 3.25. The largest absolute Gasteiger partial charge is 0.481 e. The van der Waals surface area contributed by atoms with Gasteiger partial charge in [-0.15, -0.1) is 0 Å². The maximum Gasteiger partial charge on any atom is 0.407 e. The van der Waals surface area contributed by atoms with Gasteiger partial charge in [-0.05, 0) is 36.1 Å². The van der Waals surface area contributed by atoms with E-state index < -0.39 is 18.2 Å². The van der Waals surface area contributed by atoms with Crippen molar-refractivity contribution in [3.05, 3.63) is 59.7 Å². The quantitative estimate of drug-likeness (QED) is 0.571. The molecule has 1 unspecified atom stereocenters. The van der Waals surface area contributed by atoms with Gasteiger partial charge in [0.2, 0.25) is 0 Å². The van der Waals surface area contributed by atoms with Crippen molar-refractivity contribution in [3.63, 3.8) is 0 Å². The molecule has 3 rings (SSSR count). The molecule has 0 heterocycles. The Hall–Kier alpha value is -3.39. The van der Waals surface area contributed by atoms with E-state index in [0.29, 0.717) is 0 Å². The summed E-state index contributed by atoms with van der Waals surface area (Å²) in [5.74, 6) is -1.43. The van der Waals surface area contributed by atoms with E-state index in [1.807, 2.05) is 36.4 Å². The summed E-state index contributed by atoms with van der Waals surface area (Å²) in [5.41, 5.74) is 4.51. The molecular formula is C25H30N2O6. The number of ether oxygens (including phenoxy) is 2. The lowest BCUT2D eigenvalue weighted by Crippen LogP contribution is -2.49. The molecular weight excluding hydrogens is 424 g/mol. The van der Waals surface area contributed by atoms with Crippen molar-refractivity contribution in [2.75, 3.05) is 26.8 Å². The molecule has 2 aromatic carbocycles. The first-order chi connectivity index (χ1) is 15.8. The number of carbonyl (C=O) groups is 3. The second-order valence-electron chi connectivity index (χ2n) is 8.20. The van der Waals surface area contributed by atoms with Gasteiger partial charge in [-0.2, -0.15) is 0 Å². The number of carboxylic acids is 1. The zero-order chi connectivity index (χ0) is 24.0. The van der Waals surface area contributed by atoms with Crippen LogP contribution in [0, 0.1) is 0 Å². The Morgan fingerprint density at radius 2 is 1.61 bits per heavy atom. The van der Waals surface area contributed by atoms with Crippen LogP contribution in [0.2, 0.25) is 0 Å². The number of hydrogen-bond acceptors (Lipinski definition) is 5. The normalized spacial score (nSPS) is 13.2. The third-order valence-electron chi connectivity index (χ3n) is 5.81. The van der Waals surface area contributed by atoms with E-state index in [1.54, 1.807) is 13.8 Å². The second-order valence-corrected chi connectivity index (χ2v) is 8.20. The van der Waals surface area contributed by atoms with Crippen molar-refractivity contribution in [2.45, 2.75) is 38.3 Å². The summed E-state index contributed by atoms with van der Waals surface area (Å²) in [4.78, 5) is 37.5. The standard InChI is InChI=1S/C25H30N2O6/c1-16(2)27(13-12-23(28)29)24(30)22(32-3)14-26-25(31)33-15-21-19-10-6-4-8-17(19)18-9-5-7-11-20(18)21/h4-11,16,21-22H,12-15H2,1-3H3,(H,26,31)(H,28,29). The average Bonchev–Trinajstić information content (AvgIpc) is 3.11. The molecule has 0 saturated carbocycles. The van der Waals surface area contributed by atoms with Gasteiger partial charge in [0.1, 0.15) is 6.61 Å². The predicted molar refractivity (Wildman–Crippen MR) is 123 cm³/mol. The smallest absolute Gasteiger partial charge is 0.407 e. The summed E-state index contributed by atoms with van der Waals surface area (Å²) in [7, 11) is 1.37. The van der Waals surface area contributed by atoms with Gasteiger partial charge in [-0.1, -0.05) is 48.5 Å². The fourth-order valence-corrected chi connectivity index (χ4v) is 4.12. The van der Waals surface area contributed by atoms with Crippen molar-refractivity contribution >= 4 is 18.0 Å². The average molecular weight is 455 g/mol. The molecule has 2 N–H and O–H groups in total. The zero-order valence-corrected chi connectivity index (χ0v) is 19.1. The Morgan fingerprint density at radius 3 is 2.12 bits per heavy atom. The molecule has 8 heteroatoms. The Kier molecular flexibility index (Phi) is 8.06. The Bertz CT molecular complexity index is 960. The van der Waals surface area contributed by atoms with E-state index in [-0.39, 0.29) is 44.0 Å². The van der Waals surface area contributed by atoms with E-state index in [9.17, 15) is 14.4 Å². The summed E-state index contributed by atoms with van der Waals surface area (Å²) >= 11 is 0. The van der Waals surface area contributed by atoms with Gasteiger partial charge in [0.25, 0.3) is 5.91 Å². The lowest BCUT2D eigenvalue weighted by Gasteiger charge is -2.29. The number of alkyl carbamates (subject to hydrolysis) is 1. The highest BCUT2D eigenvalue weighted by Crippen LogP contribution is 2.44. The van der Waals surface area contributed by atoms with Gasteiger partial charge in [0, 0.05) is 25.6 Å². The van der Waals surface area contributed by atoms with Crippen molar-refractivity contribution < 1.29 is 29.0 Å². The highest BCUT2D eigenvalue weighted by molar-refractivity contribution is 5.83. The van der Waals surface area contributed by atoms with Crippen LogP contribution in [0.25, 0.3) is 11.1 Å². The van der Waals surface area contributed by atoms with Gasteiger partial charge < -0.3 is 24.8 Å². The van der Waals surface area contributed by atoms with Crippen LogP contribution in [-0.2, 0) is 19.1 Å². The van der Waals surface area contributed by atoms with E-state index in [1.165, 1.54) is 12.0 Å². The van der Waals surface area contributed by atoms with Crippen LogP contribution in [0.1, 0.15) is 37.3 Å². The molecule has 176 valence electrons. The van der Waals surface area contributed by atoms with Crippen LogP contribution in [0.3, 0.4) is 0 Å². The number of carbonyl (C=O) groups excluding carboxylic acids is 2. The van der Waals surface area contributed by atoms with Gasteiger partial charge in [-0.3, -0.25) is 9.59 Å². The van der Waals surface area contributed by atoms with Crippen LogP contribution in [0.15, 0.2) is 48.5 Å². The summed E-state index contributed by atoms with van der Waals surface area (Å²) in [6.45, 7) is 3.75. The highest BCUT2D eigenvalue weighted by atomic mass is 16.5. The summed E-state index contributed by atoms with van der Waals surface area (Å²) in [6, 6.07) is 15.9. The fraction of sp³-hybridized carbons (Fsp3) is 0.400. The van der Waals surface area contributed by atoms with Gasteiger partial charge in [0.15, 0.2) is 6.10 Å². The minimum absolute atomic E-state index is 0.0598. The minimum atomic E-state index is -0.987. The topological polar surface area (TPSA) is 105 Å². The van der Waals surface area contributed by atoms with E-state index in [4.69, 9.17) is 14.6 Å². The number of aliphatic carboxylic acids is 1.